The van der Waals surface area contributed by atoms with Crippen LogP contribution in [0.5, 0.6) is 5.75 Å². The summed E-state index contributed by atoms with van der Waals surface area (Å²) in [5.74, 6) is -0.663. The molecular formula is C29H31ClFN5O5. The second-order valence-electron chi connectivity index (χ2n) is 10.2. The van der Waals surface area contributed by atoms with Crippen LogP contribution in [0.2, 0.25) is 5.02 Å². The first kappa shape index (κ1) is 28.7. The molecule has 0 saturated carbocycles. The molecule has 0 bridgehead atoms. The Balaban J connectivity index is 1.29. The Morgan fingerprint density at radius 2 is 2.05 bits per heavy atom. The molecule has 10 nitrogen and oxygen atoms in total. The zero-order chi connectivity index (χ0) is 29.1. The van der Waals surface area contributed by atoms with Crippen molar-refractivity contribution in [2.24, 2.45) is 0 Å². The molecule has 0 radical (unpaired) electrons. The Labute approximate surface area is 241 Å². The van der Waals surface area contributed by atoms with Crippen molar-refractivity contribution in [1.29, 1.82) is 0 Å². The van der Waals surface area contributed by atoms with E-state index in [1.807, 2.05) is 12.1 Å². The van der Waals surface area contributed by atoms with Crippen LogP contribution >= 0.6 is 11.6 Å². The Hall–Kier alpha value is -3.80. The maximum absolute atomic E-state index is 14.1. The third-order valence-corrected chi connectivity index (χ3v) is 7.46. The third kappa shape index (κ3) is 6.58. The predicted octanol–water partition coefficient (Wildman–Crippen LogP) is 3.73. The second kappa shape index (κ2) is 12.4. The monoisotopic (exact) mass is 583 g/mol. The quantitative estimate of drug-likeness (QED) is 0.348. The molecule has 0 spiro atoms. The standard InChI is InChI=1S/C29H31ClFN5O5/c1-16(37)26(19-9-20(31)12-22(10-19)40-2)34-25(38)15-36-14-18-4-3-17(11-23(18)28(36)39)27-24(30)13-32-29(35-27)33-21-5-7-41-8-6-21/h3-4,9-13,16,21,26,37H,5-8,14-15H2,1-2H3,(H,34,38)(H,32,33,35). The molecule has 3 N–H and O–H groups in total. The molecule has 2 aliphatic rings. The van der Waals surface area contributed by atoms with Gasteiger partial charge < -0.3 is 30.1 Å². The van der Waals surface area contributed by atoms with Gasteiger partial charge in [0.2, 0.25) is 11.9 Å². The number of hydrogen-bond acceptors (Lipinski definition) is 8. The molecule has 3 heterocycles. The number of nitrogens with one attached hydrogen (secondary N) is 2. The molecule has 5 rings (SSSR count). The molecule has 2 unspecified atom stereocenters. The highest BCUT2D eigenvalue weighted by Crippen LogP contribution is 2.32. The fourth-order valence-electron chi connectivity index (χ4n) is 5.06. The summed E-state index contributed by atoms with van der Waals surface area (Å²) < 4.78 is 24.6. The van der Waals surface area contributed by atoms with Gasteiger partial charge >= 0.3 is 0 Å². The molecule has 2 atom stereocenters. The number of hydrogen-bond donors (Lipinski definition) is 3. The number of benzene rings is 2. The number of carbonyl (C=O) groups excluding carboxylic acids is 2. The Bertz CT molecular complexity index is 1450. The minimum atomic E-state index is -1.03. The van der Waals surface area contributed by atoms with E-state index in [0.717, 1.165) is 18.4 Å². The van der Waals surface area contributed by atoms with E-state index >= 15 is 0 Å². The molecule has 216 valence electrons. The number of nitrogens with zero attached hydrogens (tertiary/aromatic N) is 3. The predicted molar refractivity (Wildman–Crippen MR) is 150 cm³/mol. The summed E-state index contributed by atoms with van der Waals surface area (Å²) in [5.41, 5.74) is 2.71. The van der Waals surface area contributed by atoms with Gasteiger partial charge in [-0.15, -0.1) is 0 Å². The molecule has 3 aromatic rings. The SMILES string of the molecule is COc1cc(F)cc(C(NC(=O)CN2Cc3ccc(-c4nc(NC5CCOCC5)ncc4Cl)cc3C2=O)C(C)O)c1. The van der Waals surface area contributed by atoms with Crippen LogP contribution in [0.15, 0.2) is 42.6 Å². The topological polar surface area (TPSA) is 126 Å². The van der Waals surface area contributed by atoms with Crippen molar-refractivity contribution >= 4 is 29.4 Å². The van der Waals surface area contributed by atoms with Crippen molar-refractivity contribution in [2.75, 3.05) is 32.2 Å². The highest BCUT2D eigenvalue weighted by atomic mass is 35.5. The number of fused-ring (bicyclic) bond motifs is 1. The first-order chi connectivity index (χ1) is 19.7. The molecule has 0 aliphatic carbocycles. The van der Waals surface area contributed by atoms with E-state index in [1.165, 1.54) is 37.3 Å². The van der Waals surface area contributed by atoms with Gasteiger partial charge in [0.05, 0.1) is 36.2 Å². The largest absolute Gasteiger partial charge is 0.497 e. The highest BCUT2D eigenvalue weighted by Gasteiger charge is 2.31. The normalized spacial score (nSPS) is 16.7. The summed E-state index contributed by atoms with van der Waals surface area (Å²) >= 11 is 6.44. The number of aliphatic hydroxyl groups is 1. The molecule has 2 aliphatic heterocycles. The molecule has 1 saturated heterocycles. The fourth-order valence-corrected chi connectivity index (χ4v) is 5.26. The van der Waals surface area contributed by atoms with E-state index in [9.17, 15) is 19.1 Å². The van der Waals surface area contributed by atoms with Crippen LogP contribution in [-0.2, 0) is 16.1 Å². The first-order valence-electron chi connectivity index (χ1n) is 13.3. The van der Waals surface area contributed by atoms with Crippen LogP contribution in [0.1, 0.15) is 47.3 Å². The zero-order valence-corrected chi connectivity index (χ0v) is 23.4. The van der Waals surface area contributed by atoms with E-state index in [1.54, 1.807) is 12.1 Å². The van der Waals surface area contributed by atoms with Gasteiger partial charge in [0, 0.05) is 43.0 Å². The van der Waals surface area contributed by atoms with Crippen LogP contribution in [-0.4, -0.2) is 70.8 Å². The minimum absolute atomic E-state index is 0.204. The summed E-state index contributed by atoms with van der Waals surface area (Å²) in [6.45, 7) is 2.84. The van der Waals surface area contributed by atoms with Gasteiger partial charge in [-0.25, -0.2) is 14.4 Å². The van der Waals surface area contributed by atoms with Crippen molar-refractivity contribution in [2.45, 2.75) is 44.5 Å². The van der Waals surface area contributed by atoms with Crippen LogP contribution < -0.4 is 15.4 Å². The summed E-state index contributed by atoms with van der Waals surface area (Å²) in [7, 11) is 1.40. The van der Waals surface area contributed by atoms with Gasteiger partial charge in [0.25, 0.3) is 5.91 Å². The lowest BCUT2D eigenvalue weighted by molar-refractivity contribution is -0.123. The van der Waals surface area contributed by atoms with Gasteiger partial charge in [-0.05, 0) is 49.1 Å². The molecule has 2 amide bonds. The van der Waals surface area contributed by atoms with Crippen molar-refractivity contribution in [3.63, 3.8) is 0 Å². The zero-order valence-electron chi connectivity index (χ0n) is 22.7. The third-order valence-electron chi connectivity index (χ3n) is 7.18. The molecule has 2 aromatic carbocycles. The summed E-state index contributed by atoms with van der Waals surface area (Å²) in [5, 5.41) is 16.7. The Morgan fingerprint density at radius 3 is 2.78 bits per heavy atom. The lowest BCUT2D eigenvalue weighted by atomic mass is 10.0. The van der Waals surface area contributed by atoms with Crippen LogP contribution in [0.25, 0.3) is 11.3 Å². The van der Waals surface area contributed by atoms with E-state index in [4.69, 9.17) is 21.1 Å². The number of rotatable bonds is 9. The summed E-state index contributed by atoms with van der Waals surface area (Å²) in [6.07, 6.45) is 2.21. The average molecular weight is 584 g/mol. The van der Waals surface area contributed by atoms with Crippen LogP contribution in [0, 0.1) is 5.82 Å². The number of aromatic nitrogens is 2. The molecular weight excluding hydrogens is 553 g/mol. The van der Waals surface area contributed by atoms with Gasteiger partial charge in [0.15, 0.2) is 0 Å². The van der Waals surface area contributed by atoms with E-state index in [2.05, 4.69) is 20.6 Å². The number of halogens is 2. The first-order valence-corrected chi connectivity index (χ1v) is 13.7. The van der Waals surface area contributed by atoms with Gasteiger partial charge in [-0.1, -0.05) is 23.7 Å². The number of anilines is 1. The number of carbonyl (C=O) groups is 2. The van der Waals surface area contributed by atoms with Crippen molar-refractivity contribution in [3.8, 4) is 17.0 Å². The Morgan fingerprint density at radius 1 is 1.27 bits per heavy atom. The van der Waals surface area contributed by atoms with Gasteiger partial charge in [0.1, 0.15) is 18.1 Å². The maximum atomic E-state index is 14.1. The van der Waals surface area contributed by atoms with Crippen molar-refractivity contribution in [1.82, 2.24) is 20.2 Å². The number of aliphatic hydroxyl groups excluding tert-OH is 1. The second-order valence-corrected chi connectivity index (χ2v) is 10.6. The summed E-state index contributed by atoms with van der Waals surface area (Å²) in [6, 6.07) is 8.66. The lowest BCUT2D eigenvalue weighted by Crippen LogP contribution is -2.41. The molecule has 1 fully saturated rings. The molecule has 41 heavy (non-hydrogen) atoms. The summed E-state index contributed by atoms with van der Waals surface area (Å²) in [4.78, 5) is 36.6. The average Bonchev–Trinajstić information content (AvgIpc) is 3.26. The van der Waals surface area contributed by atoms with Crippen LogP contribution in [0.3, 0.4) is 0 Å². The van der Waals surface area contributed by atoms with E-state index in [0.29, 0.717) is 46.6 Å². The minimum Gasteiger partial charge on any atom is -0.497 e. The smallest absolute Gasteiger partial charge is 0.254 e. The maximum Gasteiger partial charge on any atom is 0.254 e. The van der Waals surface area contributed by atoms with Crippen molar-refractivity contribution in [3.05, 3.63) is 70.1 Å². The fraction of sp³-hybridized carbons (Fsp3) is 0.379. The number of ether oxygens (including phenoxy) is 2. The molecule has 12 heteroatoms. The van der Waals surface area contributed by atoms with E-state index in [-0.39, 0.29) is 30.8 Å². The number of amides is 2. The van der Waals surface area contributed by atoms with Gasteiger partial charge in [-0.2, -0.15) is 0 Å². The highest BCUT2D eigenvalue weighted by molar-refractivity contribution is 6.33. The van der Waals surface area contributed by atoms with E-state index < -0.39 is 23.9 Å². The Kier molecular flexibility index (Phi) is 8.67. The van der Waals surface area contributed by atoms with Crippen LogP contribution in [0.4, 0.5) is 10.3 Å². The lowest BCUT2D eigenvalue weighted by Gasteiger charge is -2.24. The van der Waals surface area contributed by atoms with Crippen molar-refractivity contribution < 1.29 is 28.6 Å². The molecule has 1 aromatic heterocycles. The number of methoxy groups -OCH3 is 1. The van der Waals surface area contributed by atoms with Gasteiger partial charge in [-0.3, -0.25) is 9.59 Å².